The van der Waals surface area contributed by atoms with Gasteiger partial charge in [-0.2, -0.15) is 4.98 Å². The molecule has 5 nitrogen and oxygen atoms in total. The Morgan fingerprint density at radius 3 is 2.79 bits per heavy atom. The Bertz CT molecular complexity index is 942. The van der Waals surface area contributed by atoms with Crippen LogP contribution in [0, 0.1) is 5.92 Å². The number of thiophene rings is 1. The summed E-state index contributed by atoms with van der Waals surface area (Å²) in [5.74, 6) is 0.192. The topological polar surface area (TPSA) is 49.6 Å². The Morgan fingerprint density at radius 2 is 2.11 bits per heavy atom. The van der Waals surface area contributed by atoms with E-state index < -0.39 is 0 Å². The van der Waals surface area contributed by atoms with Crippen LogP contribution in [0.15, 0.2) is 53.5 Å². The van der Waals surface area contributed by atoms with Gasteiger partial charge in [0.1, 0.15) is 5.52 Å². The van der Waals surface area contributed by atoms with Crippen LogP contribution in [-0.2, 0) is 11.3 Å². The van der Waals surface area contributed by atoms with Crippen molar-refractivity contribution in [3.8, 4) is 0 Å². The van der Waals surface area contributed by atoms with Crippen LogP contribution < -0.4 is 4.90 Å². The number of benzene rings is 1. The van der Waals surface area contributed by atoms with Crippen molar-refractivity contribution in [2.45, 2.75) is 19.4 Å². The summed E-state index contributed by atoms with van der Waals surface area (Å²) in [6, 6.07) is 12.3. The van der Waals surface area contributed by atoms with Gasteiger partial charge >= 0.3 is 0 Å². The van der Waals surface area contributed by atoms with Crippen LogP contribution in [0.4, 0.5) is 6.01 Å². The zero-order chi connectivity index (χ0) is 19.5. The second-order valence-electron chi connectivity index (χ2n) is 6.94. The number of aromatic nitrogens is 1. The second kappa shape index (κ2) is 8.37. The molecule has 1 amide bonds. The van der Waals surface area contributed by atoms with E-state index in [4.69, 9.17) is 16.0 Å². The molecule has 0 aliphatic carbocycles. The number of nitrogens with zero attached hydrogens (tertiary/aromatic N) is 3. The lowest BCUT2D eigenvalue weighted by atomic mass is 9.95. The lowest BCUT2D eigenvalue weighted by Crippen LogP contribution is -2.42. The maximum Gasteiger partial charge on any atom is 0.298 e. The van der Waals surface area contributed by atoms with Gasteiger partial charge in [0.25, 0.3) is 6.01 Å². The maximum absolute atomic E-state index is 13.1. The molecule has 1 aliphatic rings. The highest BCUT2D eigenvalue weighted by atomic mass is 35.5. The van der Waals surface area contributed by atoms with E-state index >= 15 is 0 Å². The molecule has 0 unspecified atom stereocenters. The molecule has 3 aromatic rings. The molecule has 28 heavy (non-hydrogen) atoms. The molecular weight excluding hydrogens is 394 g/mol. The fourth-order valence-corrected chi connectivity index (χ4v) is 4.69. The third kappa shape index (κ3) is 4.08. The fourth-order valence-electron chi connectivity index (χ4n) is 3.58. The van der Waals surface area contributed by atoms with Gasteiger partial charge in [-0.15, -0.1) is 17.9 Å². The van der Waals surface area contributed by atoms with Crippen LogP contribution in [0.2, 0.25) is 4.34 Å². The molecule has 146 valence electrons. The van der Waals surface area contributed by atoms with Crippen LogP contribution >= 0.6 is 22.9 Å². The van der Waals surface area contributed by atoms with Gasteiger partial charge in [0.05, 0.1) is 10.9 Å². The number of halogens is 1. The zero-order valence-electron chi connectivity index (χ0n) is 15.5. The predicted octanol–water partition coefficient (Wildman–Crippen LogP) is 4.97. The Hall–Kier alpha value is -2.31. The minimum Gasteiger partial charge on any atom is -0.423 e. The van der Waals surface area contributed by atoms with Gasteiger partial charge in [0.2, 0.25) is 5.91 Å². The molecule has 0 N–H and O–H groups in total. The number of para-hydroxylation sites is 2. The van der Waals surface area contributed by atoms with Gasteiger partial charge in [-0.1, -0.05) is 29.8 Å². The minimum atomic E-state index is 0.0102. The first kappa shape index (κ1) is 19.0. The lowest BCUT2D eigenvalue weighted by molar-refractivity contribution is -0.136. The van der Waals surface area contributed by atoms with Crippen molar-refractivity contribution in [1.29, 1.82) is 0 Å². The normalized spacial score (nSPS) is 15.1. The van der Waals surface area contributed by atoms with Crippen LogP contribution in [0.3, 0.4) is 0 Å². The van der Waals surface area contributed by atoms with Crippen molar-refractivity contribution >= 4 is 46.0 Å². The number of oxazole rings is 1. The molecule has 1 aromatic carbocycles. The summed E-state index contributed by atoms with van der Waals surface area (Å²) in [5.41, 5.74) is 1.66. The molecule has 0 saturated carbocycles. The number of piperidine rings is 1. The molecule has 2 aromatic heterocycles. The predicted molar refractivity (Wildman–Crippen MR) is 114 cm³/mol. The average molecular weight is 416 g/mol. The Balaban J connectivity index is 1.39. The van der Waals surface area contributed by atoms with Crippen molar-refractivity contribution in [3.05, 3.63) is 58.3 Å². The number of anilines is 1. The summed E-state index contributed by atoms with van der Waals surface area (Å²) in [5, 5.41) is 0. The summed E-state index contributed by atoms with van der Waals surface area (Å²) in [6.45, 7) is 6.44. The van der Waals surface area contributed by atoms with Crippen molar-refractivity contribution in [3.63, 3.8) is 0 Å². The van der Waals surface area contributed by atoms with Crippen molar-refractivity contribution in [1.82, 2.24) is 9.88 Å². The summed E-state index contributed by atoms with van der Waals surface area (Å²) in [6.07, 6.45) is 3.35. The zero-order valence-corrected chi connectivity index (χ0v) is 17.1. The number of hydrogen-bond donors (Lipinski definition) is 0. The highest BCUT2D eigenvalue weighted by molar-refractivity contribution is 7.16. The van der Waals surface area contributed by atoms with E-state index in [0.717, 1.165) is 46.2 Å². The summed E-state index contributed by atoms with van der Waals surface area (Å²) in [7, 11) is 0. The molecule has 1 saturated heterocycles. The molecule has 0 spiro atoms. The smallest absolute Gasteiger partial charge is 0.298 e. The molecule has 4 rings (SSSR count). The van der Waals surface area contributed by atoms with E-state index in [1.807, 2.05) is 41.3 Å². The summed E-state index contributed by atoms with van der Waals surface area (Å²) < 4.78 is 6.61. The maximum atomic E-state index is 13.1. The minimum absolute atomic E-state index is 0.0102. The molecule has 0 bridgehead atoms. The molecule has 0 radical (unpaired) electrons. The first-order chi connectivity index (χ1) is 13.6. The Kier molecular flexibility index (Phi) is 5.69. The molecule has 0 atom stereocenters. The molecule has 1 fully saturated rings. The van der Waals surface area contributed by atoms with Gasteiger partial charge < -0.3 is 14.2 Å². The fraction of sp³-hybridized carbons (Fsp3) is 0.333. The average Bonchev–Trinajstić information content (AvgIpc) is 3.33. The van der Waals surface area contributed by atoms with Gasteiger partial charge in [0, 0.05) is 30.4 Å². The van der Waals surface area contributed by atoms with Crippen LogP contribution in [-0.4, -0.2) is 35.4 Å². The number of hydrogen-bond acceptors (Lipinski definition) is 5. The standard InChI is InChI=1S/C21H22ClN3O2S/c1-2-11-25(14-16-7-8-19(22)28-16)20(26)15-9-12-24(13-10-15)21-23-17-5-3-4-6-18(17)27-21/h2-8,15H,1,9-14H2. The SMILES string of the molecule is C=CCN(Cc1ccc(Cl)s1)C(=O)C1CCN(c2nc3ccccc3o2)CC1. The second-order valence-corrected chi connectivity index (χ2v) is 8.74. The third-order valence-electron chi connectivity index (χ3n) is 5.03. The van der Waals surface area contributed by atoms with E-state index in [1.165, 1.54) is 11.3 Å². The third-order valence-corrected chi connectivity index (χ3v) is 6.25. The highest BCUT2D eigenvalue weighted by Gasteiger charge is 2.30. The van der Waals surface area contributed by atoms with Crippen LogP contribution in [0.1, 0.15) is 17.7 Å². The highest BCUT2D eigenvalue weighted by Crippen LogP contribution is 2.28. The summed E-state index contributed by atoms with van der Waals surface area (Å²) >= 11 is 7.54. The van der Waals surface area contributed by atoms with Gasteiger partial charge in [-0.25, -0.2) is 0 Å². The monoisotopic (exact) mass is 415 g/mol. The van der Waals surface area contributed by atoms with Crippen molar-refractivity contribution < 1.29 is 9.21 Å². The van der Waals surface area contributed by atoms with E-state index in [9.17, 15) is 4.79 Å². The Morgan fingerprint density at radius 1 is 1.32 bits per heavy atom. The molecule has 1 aliphatic heterocycles. The van der Waals surface area contributed by atoms with Gasteiger partial charge in [-0.3, -0.25) is 4.79 Å². The number of carbonyl (C=O) groups is 1. The number of amides is 1. The Labute approximate surface area is 173 Å². The first-order valence-electron chi connectivity index (χ1n) is 9.38. The lowest BCUT2D eigenvalue weighted by Gasteiger charge is -2.33. The summed E-state index contributed by atoms with van der Waals surface area (Å²) in [4.78, 5) is 22.7. The molecule has 7 heteroatoms. The van der Waals surface area contributed by atoms with E-state index in [2.05, 4.69) is 16.5 Å². The van der Waals surface area contributed by atoms with E-state index in [1.54, 1.807) is 6.08 Å². The van der Waals surface area contributed by atoms with Crippen molar-refractivity contribution in [2.75, 3.05) is 24.5 Å². The van der Waals surface area contributed by atoms with Gasteiger partial charge in [-0.05, 0) is 37.1 Å². The molecular formula is C21H22ClN3O2S. The number of fused-ring (bicyclic) bond motifs is 1. The molecule has 3 heterocycles. The van der Waals surface area contributed by atoms with Crippen LogP contribution in [0.25, 0.3) is 11.1 Å². The van der Waals surface area contributed by atoms with E-state index in [0.29, 0.717) is 19.1 Å². The number of carbonyl (C=O) groups excluding carboxylic acids is 1. The quantitative estimate of drug-likeness (QED) is 0.533. The van der Waals surface area contributed by atoms with Crippen molar-refractivity contribution in [2.24, 2.45) is 5.92 Å². The van der Waals surface area contributed by atoms with Gasteiger partial charge in [0.15, 0.2) is 5.58 Å². The first-order valence-corrected chi connectivity index (χ1v) is 10.6. The number of rotatable bonds is 6. The van der Waals surface area contributed by atoms with Crippen LogP contribution in [0.5, 0.6) is 0 Å². The largest absolute Gasteiger partial charge is 0.423 e. The van der Waals surface area contributed by atoms with E-state index in [-0.39, 0.29) is 11.8 Å².